The van der Waals surface area contributed by atoms with Crippen molar-refractivity contribution in [3.05, 3.63) is 30.3 Å². The molecule has 0 amide bonds. The van der Waals surface area contributed by atoms with E-state index in [0.29, 0.717) is 5.75 Å². The van der Waals surface area contributed by atoms with Gasteiger partial charge < -0.3 is 14.3 Å². The quantitative estimate of drug-likeness (QED) is 0.118. The van der Waals surface area contributed by atoms with Crippen molar-refractivity contribution < 1.29 is 31.4 Å². The number of hydrogen-bond donors (Lipinski definition) is 2. The molecule has 30 heavy (non-hydrogen) atoms. The summed E-state index contributed by atoms with van der Waals surface area (Å²) in [6.07, 6.45) is 20.9. The van der Waals surface area contributed by atoms with Crippen LogP contribution in [0.3, 0.4) is 0 Å². The minimum absolute atomic E-state index is 0.0847. The standard InChI is InChI=1S/2C9H19.C6H7O3PS.Zn/c2*1-3-5-7-9-8-6-4-2;7-10(8,11)9-6-4-2-1-3-5-6;/h2*1,3-9H2,2H3;1-5H,(H2,7,8,11);. The molecule has 1 aromatic rings. The molecule has 2 N–H and O–H groups in total. The second kappa shape index (κ2) is 22.4. The van der Waals surface area contributed by atoms with Crippen LogP contribution in [0.5, 0.6) is 5.75 Å². The molecular formula is C24H45O3PSZn. The van der Waals surface area contributed by atoms with Gasteiger partial charge in [-0.05, 0) is 12.1 Å². The molecule has 3 nitrogen and oxygen atoms in total. The van der Waals surface area contributed by atoms with Gasteiger partial charge in [-0.2, -0.15) is 0 Å². The van der Waals surface area contributed by atoms with Crippen molar-refractivity contribution in [1.82, 2.24) is 0 Å². The molecule has 0 saturated heterocycles. The van der Waals surface area contributed by atoms with Gasteiger partial charge in [0.2, 0.25) is 0 Å². The van der Waals surface area contributed by atoms with Crippen LogP contribution in [0.15, 0.2) is 30.3 Å². The van der Waals surface area contributed by atoms with Crippen LogP contribution in [0.2, 0.25) is 10.0 Å². The van der Waals surface area contributed by atoms with Crippen LogP contribution < -0.4 is 4.52 Å². The Morgan fingerprint density at radius 1 is 0.700 bits per heavy atom. The van der Waals surface area contributed by atoms with Gasteiger partial charge >= 0.3 is 138 Å². The fourth-order valence-corrected chi connectivity index (χ4v) is 7.78. The topological polar surface area (TPSA) is 49.7 Å². The van der Waals surface area contributed by atoms with E-state index in [1.54, 1.807) is 53.2 Å². The normalized spacial score (nSPS) is 10.8. The molecule has 0 aliphatic rings. The molecule has 0 heterocycles. The zero-order chi connectivity index (χ0) is 22.3. The van der Waals surface area contributed by atoms with Crippen LogP contribution in [-0.2, 0) is 28.9 Å². The van der Waals surface area contributed by atoms with Crippen molar-refractivity contribution in [1.29, 1.82) is 0 Å². The van der Waals surface area contributed by atoms with Gasteiger partial charge in [-0.25, -0.2) is 0 Å². The maximum Gasteiger partial charge on any atom is 0.375 e. The van der Waals surface area contributed by atoms with E-state index in [9.17, 15) is 0 Å². The molecule has 0 bridgehead atoms. The Labute approximate surface area is 199 Å². The molecule has 0 radical (unpaired) electrons. The van der Waals surface area contributed by atoms with Gasteiger partial charge in [0, 0.05) is 11.8 Å². The second-order valence-corrected chi connectivity index (χ2v) is 15.2. The molecule has 0 aliphatic carbocycles. The molecule has 0 saturated carbocycles. The second-order valence-electron chi connectivity index (χ2n) is 8.20. The first-order chi connectivity index (χ1) is 14.5. The molecule has 6 heteroatoms. The minimum atomic E-state index is -3.55. The van der Waals surface area contributed by atoms with Crippen LogP contribution in [0.25, 0.3) is 0 Å². The van der Waals surface area contributed by atoms with Gasteiger partial charge in [0.25, 0.3) is 0 Å². The molecule has 0 aromatic heterocycles. The summed E-state index contributed by atoms with van der Waals surface area (Å²) in [5.74, 6) is 0.376. The summed E-state index contributed by atoms with van der Waals surface area (Å²) in [4.78, 5) is 17.5. The van der Waals surface area contributed by atoms with E-state index >= 15 is 0 Å². The third-order valence-corrected chi connectivity index (χ3v) is 10.0. The van der Waals surface area contributed by atoms with Crippen LogP contribution in [0, 0.1) is 0 Å². The maximum absolute atomic E-state index is 8.73. The van der Waals surface area contributed by atoms with Crippen molar-refractivity contribution >= 4 is 18.5 Å². The van der Waals surface area contributed by atoms with Crippen molar-refractivity contribution in [3.8, 4) is 5.75 Å². The predicted octanol–water partition coefficient (Wildman–Crippen LogP) is 8.68. The summed E-state index contributed by atoms with van der Waals surface area (Å²) in [5.41, 5.74) is 0. The van der Waals surface area contributed by atoms with E-state index in [1.807, 2.05) is 0 Å². The number of hydrogen-bond acceptors (Lipinski definition) is 2. The van der Waals surface area contributed by atoms with Gasteiger partial charge in [-0.3, -0.25) is 0 Å². The average Bonchev–Trinajstić information content (AvgIpc) is 2.71. The summed E-state index contributed by atoms with van der Waals surface area (Å²) >= 11 is 4.18. The molecule has 1 aromatic carbocycles. The van der Waals surface area contributed by atoms with E-state index in [0.717, 1.165) is 0 Å². The SMILES string of the molecule is CCCCCCCC[CH2][Zn][CH2]CCCCCCCC.OP(O)(=S)Oc1ccccc1. The molecule has 1 rings (SSSR count). The molecule has 0 unspecified atom stereocenters. The first kappa shape index (κ1) is 30.2. The maximum atomic E-state index is 8.73. The molecule has 0 atom stereocenters. The summed E-state index contributed by atoms with van der Waals surface area (Å²) in [6.45, 7) is 1.05. The Bertz CT molecular complexity index is 494. The van der Waals surface area contributed by atoms with Crippen LogP contribution in [0.4, 0.5) is 0 Å². The number of rotatable bonds is 18. The Balaban J connectivity index is 0.000000642. The van der Waals surface area contributed by atoms with E-state index in [-0.39, 0.29) is 17.1 Å². The molecule has 0 spiro atoms. The largest absolute Gasteiger partial charge is 0.424 e. The molecular weight excluding hydrogens is 465 g/mol. The van der Waals surface area contributed by atoms with E-state index in [1.165, 1.54) is 77.0 Å². The minimum Gasteiger partial charge on any atom is -0.424 e. The Kier molecular flexibility index (Phi) is 22.6. The van der Waals surface area contributed by atoms with E-state index in [2.05, 4.69) is 30.2 Å². The number of benzene rings is 1. The van der Waals surface area contributed by atoms with Crippen molar-refractivity contribution in [2.24, 2.45) is 0 Å². The van der Waals surface area contributed by atoms with E-state index < -0.39 is 6.72 Å². The fraction of sp³-hybridized carbons (Fsp3) is 0.750. The van der Waals surface area contributed by atoms with Crippen LogP contribution in [0.1, 0.15) is 104 Å². The molecule has 0 fully saturated rings. The summed E-state index contributed by atoms with van der Waals surface area (Å²) in [6, 6.07) is 8.45. The smallest absolute Gasteiger partial charge is 0.375 e. The summed E-state index contributed by atoms with van der Waals surface area (Å²) in [5, 5.41) is 3.35. The summed E-state index contributed by atoms with van der Waals surface area (Å²) < 4.78 is 4.64. The number of para-hydroxylation sites is 1. The van der Waals surface area contributed by atoms with Crippen LogP contribution >= 0.6 is 6.72 Å². The number of unbranched alkanes of at least 4 members (excludes halogenated alkanes) is 12. The van der Waals surface area contributed by atoms with Gasteiger partial charge in [0.05, 0.1) is 0 Å². The van der Waals surface area contributed by atoms with Crippen molar-refractivity contribution in [3.63, 3.8) is 0 Å². The van der Waals surface area contributed by atoms with Crippen molar-refractivity contribution in [2.75, 3.05) is 0 Å². The van der Waals surface area contributed by atoms with E-state index in [4.69, 9.17) is 9.79 Å². The zero-order valence-electron chi connectivity index (χ0n) is 19.6. The Hall–Kier alpha value is 0.213. The Morgan fingerprint density at radius 2 is 1.10 bits per heavy atom. The van der Waals surface area contributed by atoms with Gasteiger partial charge in [-0.15, -0.1) is 0 Å². The molecule has 0 aliphatic heterocycles. The van der Waals surface area contributed by atoms with Crippen molar-refractivity contribution in [2.45, 2.75) is 114 Å². The predicted molar refractivity (Wildman–Crippen MR) is 131 cm³/mol. The third kappa shape index (κ3) is 24.5. The first-order valence-electron chi connectivity index (χ1n) is 12.3. The van der Waals surface area contributed by atoms with Gasteiger partial charge in [0.1, 0.15) is 5.75 Å². The Morgan fingerprint density at radius 3 is 1.50 bits per heavy atom. The third-order valence-electron chi connectivity index (χ3n) is 5.17. The first-order valence-corrected chi connectivity index (χ1v) is 19.1. The van der Waals surface area contributed by atoms with Crippen LogP contribution in [-0.4, -0.2) is 9.79 Å². The summed E-state index contributed by atoms with van der Waals surface area (Å²) in [7, 11) is 0. The fourth-order valence-electron chi connectivity index (χ4n) is 3.42. The zero-order valence-corrected chi connectivity index (χ0v) is 24.2. The molecule has 172 valence electrons. The average molecular weight is 510 g/mol. The monoisotopic (exact) mass is 508 g/mol. The van der Waals surface area contributed by atoms with Gasteiger partial charge in [-0.1, -0.05) is 18.2 Å². The van der Waals surface area contributed by atoms with Gasteiger partial charge in [0.15, 0.2) is 0 Å².